The van der Waals surface area contributed by atoms with E-state index in [9.17, 15) is 14.9 Å². The van der Waals surface area contributed by atoms with Crippen LogP contribution in [0.3, 0.4) is 0 Å². The molecule has 22 heavy (non-hydrogen) atoms. The Morgan fingerprint density at radius 1 is 1.59 bits per heavy atom. The molecule has 0 radical (unpaired) electrons. The molecule has 0 aliphatic carbocycles. The highest BCUT2D eigenvalue weighted by atomic mass is 32.2. The number of nitriles is 1. The highest BCUT2D eigenvalue weighted by Crippen LogP contribution is 2.36. The van der Waals surface area contributed by atoms with Crippen LogP contribution in [0.15, 0.2) is 34.9 Å². The zero-order valence-electron chi connectivity index (χ0n) is 12.0. The van der Waals surface area contributed by atoms with Crippen molar-refractivity contribution in [2.75, 3.05) is 12.9 Å². The standard InChI is InChI=1S/C15H15N3O3S/c1-21-10-4-2-3-9(5-10)11-6-14(20)18-15(12(11)7-16)22-8-13(17)19/h2-5,11H,6,8H2,1H3,(H2,17,19)(H,18,20)/t11-/m1/s1. The highest BCUT2D eigenvalue weighted by Gasteiger charge is 2.29. The van der Waals surface area contributed by atoms with Crippen molar-refractivity contribution < 1.29 is 14.3 Å². The topological polar surface area (TPSA) is 105 Å². The maximum Gasteiger partial charge on any atom is 0.227 e. The number of primary amides is 1. The molecule has 0 aromatic heterocycles. The van der Waals surface area contributed by atoms with Gasteiger partial charge in [-0.25, -0.2) is 0 Å². The number of amides is 2. The lowest BCUT2D eigenvalue weighted by Crippen LogP contribution is -2.31. The van der Waals surface area contributed by atoms with Crippen LogP contribution in [-0.4, -0.2) is 24.7 Å². The van der Waals surface area contributed by atoms with Crippen LogP contribution in [0, 0.1) is 11.3 Å². The number of allylic oxidation sites excluding steroid dienone is 1. The van der Waals surface area contributed by atoms with Gasteiger partial charge in [-0.3, -0.25) is 9.59 Å². The van der Waals surface area contributed by atoms with Gasteiger partial charge in [0.2, 0.25) is 11.8 Å². The fourth-order valence-electron chi connectivity index (χ4n) is 2.22. The lowest BCUT2D eigenvalue weighted by atomic mass is 9.87. The van der Waals surface area contributed by atoms with Gasteiger partial charge in [-0.2, -0.15) is 5.26 Å². The van der Waals surface area contributed by atoms with E-state index in [2.05, 4.69) is 11.4 Å². The van der Waals surface area contributed by atoms with Gasteiger partial charge in [0, 0.05) is 12.3 Å². The van der Waals surface area contributed by atoms with Crippen LogP contribution in [0.2, 0.25) is 0 Å². The minimum Gasteiger partial charge on any atom is -0.497 e. The Morgan fingerprint density at radius 3 is 3.00 bits per heavy atom. The minimum absolute atomic E-state index is 0.00558. The van der Waals surface area contributed by atoms with Gasteiger partial charge in [-0.1, -0.05) is 23.9 Å². The van der Waals surface area contributed by atoms with E-state index in [0.29, 0.717) is 16.4 Å². The largest absolute Gasteiger partial charge is 0.497 e. The van der Waals surface area contributed by atoms with Crippen molar-refractivity contribution in [1.29, 1.82) is 5.26 Å². The predicted molar refractivity (Wildman–Crippen MR) is 82.8 cm³/mol. The number of benzene rings is 1. The Kier molecular flexibility index (Phi) is 5.07. The third kappa shape index (κ3) is 3.59. The van der Waals surface area contributed by atoms with E-state index in [1.807, 2.05) is 12.1 Å². The van der Waals surface area contributed by atoms with E-state index in [1.54, 1.807) is 19.2 Å². The molecule has 0 saturated heterocycles. The Balaban J connectivity index is 2.39. The summed E-state index contributed by atoms with van der Waals surface area (Å²) in [5, 5.41) is 12.5. The monoisotopic (exact) mass is 317 g/mol. The molecule has 1 aromatic rings. The smallest absolute Gasteiger partial charge is 0.227 e. The molecule has 7 heteroatoms. The number of rotatable bonds is 5. The minimum atomic E-state index is -0.507. The summed E-state index contributed by atoms with van der Waals surface area (Å²) in [5.41, 5.74) is 6.37. The van der Waals surface area contributed by atoms with Gasteiger partial charge >= 0.3 is 0 Å². The van der Waals surface area contributed by atoms with Crippen molar-refractivity contribution in [1.82, 2.24) is 5.32 Å². The van der Waals surface area contributed by atoms with Gasteiger partial charge in [0.25, 0.3) is 0 Å². The van der Waals surface area contributed by atoms with Crippen LogP contribution < -0.4 is 15.8 Å². The molecule has 2 amide bonds. The Labute approximate surface area is 132 Å². The summed E-state index contributed by atoms with van der Waals surface area (Å²) in [5.74, 6) is -0.395. The molecular weight excluding hydrogens is 302 g/mol. The number of nitrogens with one attached hydrogen (secondary N) is 1. The van der Waals surface area contributed by atoms with Gasteiger partial charge in [0.15, 0.2) is 0 Å². The quantitative estimate of drug-likeness (QED) is 0.850. The van der Waals surface area contributed by atoms with E-state index in [1.165, 1.54) is 0 Å². The molecule has 3 N–H and O–H groups in total. The zero-order chi connectivity index (χ0) is 16.1. The van der Waals surface area contributed by atoms with E-state index in [4.69, 9.17) is 10.5 Å². The first-order valence-electron chi connectivity index (χ1n) is 6.54. The Bertz CT molecular complexity index is 679. The second kappa shape index (κ2) is 7.00. The maximum absolute atomic E-state index is 11.9. The van der Waals surface area contributed by atoms with Crippen LogP contribution in [0.25, 0.3) is 0 Å². The molecule has 1 heterocycles. The maximum atomic E-state index is 11.9. The van der Waals surface area contributed by atoms with Gasteiger partial charge in [0.1, 0.15) is 5.75 Å². The lowest BCUT2D eigenvalue weighted by Gasteiger charge is -2.25. The Hall–Kier alpha value is -2.46. The second-order valence-corrected chi connectivity index (χ2v) is 5.68. The molecule has 0 saturated carbocycles. The number of carbonyl (C=O) groups is 2. The fourth-order valence-corrected chi connectivity index (χ4v) is 3.04. The first-order chi connectivity index (χ1) is 10.5. The number of nitrogens with two attached hydrogens (primary N) is 1. The number of thioether (sulfide) groups is 1. The first kappa shape index (κ1) is 15.9. The molecule has 114 valence electrons. The molecule has 0 bridgehead atoms. The van der Waals surface area contributed by atoms with Gasteiger partial charge in [-0.15, -0.1) is 0 Å². The molecule has 0 unspecified atom stereocenters. The Morgan fingerprint density at radius 2 is 2.36 bits per heavy atom. The molecule has 0 fully saturated rings. The summed E-state index contributed by atoms with van der Waals surface area (Å²) in [4.78, 5) is 22.8. The summed E-state index contributed by atoms with van der Waals surface area (Å²) >= 11 is 1.07. The number of carbonyl (C=O) groups excluding carboxylic acids is 2. The van der Waals surface area contributed by atoms with Crippen molar-refractivity contribution in [3.05, 3.63) is 40.4 Å². The van der Waals surface area contributed by atoms with Crippen LogP contribution in [0.5, 0.6) is 5.75 Å². The van der Waals surface area contributed by atoms with Crippen molar-refractivity contribution in [3.63, 3.8) is 0 Å². The summed E-state index contributed by atoms with van der Waals surface area (Å²) in [6.07, 6.45) is 0.177. The van der Waals surface area contributed by atoms with Crippen molar-refractivity contribution in [2.24, 2.45) is 5.73 Å². The van der Waals surface area contributed by atoms with Gasteiger partial charge in [0.05, 0.1) is 29.5 Å². The molecule has 2 rings (SSSR count). The van der Waals surface area contributed by atoms with Crippen LogP contribution in [0.1, 0.15) is 17.9 Å². The van der Waals surface area contributed by atoms with E-state index in [-0.39, 0.29) is 24.0 Å². The highest BCUT2D eigenvalue weighted by molar-refractivity contribution is 8.03. The SMILES string of the molecule is COc1cccc([C@H]2CC(=O)NC(SCC(N)=O)=C2C#N)c1. The van der Waals surface area contributed by atoms with Crippen molar-refractivity contribution in [3.8, 4) is 11.8 Å². The average molecular weight is 317 g/mol. The van der Waals surface area contributed by atoms with Crippen molar-refractivity contribution >= 4 is 23.6 Å². The van der Waals surface area contributed by atoms with E-state index < -0.39 is 5.91 Å². The summed E-state index contributed by atoms with van der Waals surface area (Å²) in [7, 11) is 1.56. The van der Waals surface area contributed by atoms with Crippen LogP contribution >= 0.6 is 11.8 Å². The predicted octanol–water partition coefficient (Wildman–Crippen LogP) is 1.25. The summed E-state index contributed by atoms with van der Waals surface area (Å²) in [6, 6.07) is 9.39. The molecule has 1 aliphatic rings. The summed E-state index contributed by atoms with van der Waals surface area (Å²) < 4.78 is 5.18. The second-order valence-electron chi connectivity index (χ2n) is 4.69. The number of methoxy groups -OCH3 is 1. The molecule has 1 aliphatic heterocycles. The molecule has 1 aromatic carbocycles. The molecule has 6 nitrogen and oxygen atoms in total. The molecular formula is C15H15N3O3S. The third-order valence-corrected chi connectivity index (χ3v) is 4.25. The number of nitrogens with zero attached hydrogens (tertiary/aromatic N) is 1. The molecule has 0 spiro atoms. The number of hydrogen-bond donors (Lipinski definition) is 2. The summed E-state index contributed by atoms with van der Waals surface area (Å²) in [6.45, 7) is 0. The normalized spacial score (nSPS) is 17.6. The van der Waals surface area contributed by atoms with E-state index >= 15 is 0 Å². The van der Waals surface area contributed by atoms with E-state index in [0.717, 1.165) is 17.3 Å². The van der Waals surface area contributed by atoms with Gasteiger partial charge in [-0.05, 0) is 17.7 Å². The van der Waals surface area contributed by atoms with Crippen LogP contribution in [0.4, 0.5) is 0 Å². The third-order valence-electron chi connectivity index (χ3n) is 3.21. The van der Waals surface area contributed by atoms with Gasteiger partial charge < -0.3 is 15.8 Å². The number of ether oxygens (including phenoxy) is 1. The zero-order valence-corrected chi connectivity index (χ0v) is 12.8. The lowest BCUT2D eigenvalue weighted by molar-refractivity contribution is -0.121. The number of hydrogen-bond acceptors (Lipinski definition) is 5. The molecule has 1 atom stereocenters. The van der Waals surface area contributed by atoms with Crippen molar-refractivity contribution in [2.45, 2.75) is 12.3 Å². The van der Waals surface area contributed by atoms with Crippen LogP contribution in [-0.2, 0) is 9.59 Å². The average Bonchev–Trinajstić information content (AvgIpc) is 2.52. The first-order valence-corrected chi connectivity index (χ1v) is 7.53. The fraction of sp³-hybridized carbons (Fsp3) is 0.267.